The lowest BCUT2D eigenvalue weighted by atomic mass is 9.76. The van der Waals surface area contributed by atoms with E-state index in [0.717, 1.165) is 18.8 Å². The van der Waals surface area contributed by atoms with Crippen LogP contribution in [0, 0.1) is 17.8 Å². The van der Waals surface area contributed by atoms with Crippen molar-refractivity contribution in [2.45, 2.75) is 58.5 Å². The zero-order valence-corrected chi connectivity index (χ0v) is 10.3. The molecule has 90 valence electrons. The average molecular weight is 213 g/mol. The second-order valence-corrected chi connectivity index (χ2v) is 5.30. The summed E-state index contributed by atoms with van der Waals surface area (Å²) in [6.07, 6.45) is 7.01. The van der Waals surface area contributed by atoms with E-state index in [0.29, 0.717) is 18.4 Å². The highest BCUT2D eigenvalue weighted by molar-refractivity contribution is 4.81. The molecule has 2 nitrogen and oxygen atoms in total. The van der Waals surface area contributed by atoms with Crippen LogP contribution >= 0.6 is 0 Å². The van der Waals surface area contributed by atoms with Crippen molar-refractivity contribution in [1.82, 2.24) is 0 Å². The summed E-state index contributed by atoms with van der Waals surface area (Å²) in [5.41, 5.74) is 5.73. The molecule has 0 spiro atoms. The highest BCUT2D eigenvalue weighted by Gasteiger charge is 2.29. The standard InChI is InChI=1S/C13H27NO/c1-3-4-12(9-14)13(15)11-7-5-10(2)6-8-11/h10-13,15H,3-9,14H2,1-2H3. The molecule has 3 N–H and O–H groups in total. The fourth-order valence-electron chi connectivity index (χ4n) is 2.81. The Morgan fingerprint density at radius 3 is 2.33 bits per heavy atom. The maximum atomic E-state index is 10.3. The van der Waals surface area contributed by atoms with Gasteiger partial charge in [0.15, 0.2) is 0 Å². The third kappa shape index (κ3) is 3.76. The molecule has 0 aromatic carbocycles. The Balaban J connectivity index is 2.40. The molecule has 0 aliphatic heterocycles. The summed E-state index contributed by atoms with van der Waals surface area (Å²) in [5.74, 6) is 1.70. The van der Waals surface area contributed by atoms with Crippen molar-refractivity contribution < 1.29 is 5.11 Å². The summed E-state index contributed by atoms with van der Waals surface area (Å²) >= 11 is 0. The maximum absolute atomic E-state index is 10.3. The molecule has 0 saturated heterocycles. The summed E-state index contributed by atoms with van der Waals surface area (Å²) in [5, 5.41) is 10.3. The Bertz CT molecular complexity index is 164. The Morgan fingerprint density at radius 2 is 1.87 bits per heavy atom. The van der Waals surface area contributed by atoms with E-state index in [1.54, 1.807) is 0 Å². The lowest BCUT2D eigenvalue weighted by Gasteiger charge is -2.33. The number of rotatable bonds is 5. The Hall–Kier alpha value is -0.0800. The van der Waals surface area contributed by atoms with Crippen LogP contribution in [0.3, 0.4) is 0 Å². The smallest absolute Gasteiger partial charge is 0.0608 e. The predicted molar refractivity (Wildman–Crippen MR) is 64.6 cm³/mol. The van der Waals surface area contributed by atoms with E-state index in [9.17, 15) is 5.11 Å². The first-order valence-corrected chi connectivity index (χ1v) is 6.57. The first kappa shape index (κ1) is 13.0. The van der Waals surface area contributed by atoms with Crippen molar-refractivity contribution in [3.63, 3.8) is 0 Å². The van der Waals surface area contributed by atoms with Gasteiger partial charge in [-0.05, 0) is 43.6 Å². The van der Waals surface area contributed by atoms with Crippen molar-refractivity contribution in [2.75, 3.05) is 6.54 Å². The molecule has 1 saturated carbocycles. The summed E-state index contributed by atoms with van der Waals surface area (Å²) < 4.78 is 0. The maximum Gasteiger partial charge on any atom is 0.0608 e. The van der Waals surface area contributed by atoms with Gasteiger partial charge in [0.1, 0.15) is 0 Å². The van der Waals surface area contributed by atoms with Crippen LogP contribution in [0.1, 0.15) is 52.4 Å². The first-order valence-electron chi connectivity index (χ1n) is 6.57. The first-order chi connectivity index (χ1) is 7.19. The van der Waals surface area contributed by atoms with Gasteiger partial charge in [0.2, 0.25) is 0 Å². The summed E-state index contributed by atoms with van der Waals surface area (Å²) in [7, 11) is 0. The molecule has 15 heavy (non-hydrogen) atoms. The molecule has 0 bridgehead atoms. The van der Waals surface area contributed by atoms with Gasteiger partial charge in [0.25, 0.3) is 0 Å². The molecule has 0 heterocycles. The van der Waals surface area contributed by atoms with Crippen LogP contribution in [0.25, 0.3) is 0 Å². The van der Waals surface area contributed by atoms with Crippen LogP contribution < -0.4 is 5.73 Å². The van der Waals surface area contributed by atoms with E-state index in [1.165, 1.54) is 25.7 Å². The van der Waals surface area contributed by atoms with Crippen molar-refractivity contribution in [3.05, 3.63) is 0 Å². The SMILES string of the molecule is CCCC(CN)C(O)C1CCC(C)CC1. The van der Waals surface area contributed by atoms with Crippen LogP contribution in [0.15, 0.2) is 0 Å². The molecular weight excluding hydrogens is 186 g/mol. The van der Waals surface area contributed by atoms with Gasteiger partial charge in [-0.1, -0.05) is 33.1 Å². The fraction of sp³-hybridized carbons (Fsp3) is 1.00. The van der Waals surface area contributed by atoms with Gasteiger partial charge in [-0.25, -0.2) is 0 Å². The van der Waals surface area contributed by atoms with Crippen LogP contribution in [0.4, 0.5) is 0 Å². The quantitative estimate of drug-likeness (QED) is 0.737. The van der Waals surface area contributed by atoms with Crippen molar-refractivity contribution in [1.29, 1.82) is 0 Å². The zero-order chi connectivity index (χ0) is 11.3. The van der Waals surface area contributed by atoms with Crippen LogP contribution in [-0.2, 0) is 0 Å². The molecule has 2 heteroatoms. The minimum Gasteiger partial charge on any atom is -0.393 e. The Kier molecular flexibility index (Phi) is 5.62. The van der Waals surface area contributed by atoms with Crippen LogP contribution in [0.2, 0.25) is 0 Å². The summed E-state index contributed by atoms with van der Waals surface area (Å²) in [6.45, 7) is 5.12. The number of hydrogen-bond acceptors (Lipinski definition) is 2. The fourth-order valence-corrected chi connectivity index (χ4v) is 2.81. The molecular formula is C13H27NO. The van der Waals surface area contributed by atoms with Gasteiger partial charge in [0, 0.05) is 0 Å². The summed E-state index contributed by atoms with van der Waals surface area (Å²) in [6, 6.07) is 0. The summed E-state index contributed by atoms with van der Waals surface area (Å²) in [4.78, 5) is 0. The van der Waals surface area contributed by atoms with Crippen molar-refractivity contribution in [2.24, 2.45) is 23.5 Å². The van der Waals surface area contributed by atoms with E-state index < -0.39 is 0 Å². The number of hydrogen-bond donors (Lipinski definition) is 2. The Morgan fingerprint density at radius 1 is 1.27 bits per heavy atom. The topological polar surface area (TPSA) is 46.2 Å². The number of aliphatic hydroxyl groups is 1. The second-order valence-electron chi connectivity index (χ2n) is 5.30. The number of nitrogens with two attached hydrogens (primary N) is 1. The molecule has 2 unspecified atom stereocenters. The van der Waals surface area contributed by atoms with Gasteiger partial charge in [-0.3, -0.25) is 0 Å². The largest absolute Gasteiger partial charge is 0.393 e. The third-order valence-corrected chi connectivity index (χ3v) is 3.99. The van der Waals surface area contributed by atoms with Gasteiger partial charge in [-0.15, -0.1) is 0 Å². The van der Waals surface area contributed by atoms with E-state index in [-0.39, 0.29) is 6.10 Å². The normalized spacial score (nSPS) is 31.2. The second kappa shape index (κ2) is 6.49. The molecule has 0 aromatic heterocycles. The molecule has 0 radical (unpaired) electrons. The van der Waals surface area contributed by atoms with E-state index in [2.05, 4.69) is 13.8 Å². The minimum atomic E-state index is -0.151. The molecule has 1 fully saturated rings. The third-order valence-electron chi connectivity index (χ3n) is 3.99. The van der Waals surface area contributed by atoms with Crippen molar-refractivity contribution >= 4 is 0 Å². The lowest BCUT2D eigenvalue weighted by molar-refractivity contribution is 0.0268. The predicted octanol–water partition coefficient (Wildman–Crippen LogP) is 2.55. The molecule has 1 aliphatic rings. The molecule has 1 rings (SSSR count). The lowest BCUT2D eigenvalue weighted by Crippen LogP contribution is -2.35. The molecule has 0 amide bonds. The number of aliphatic hydroxyl groups excluding tert-OH is 1. The Labute approximate surface area is 94.2 Å². The zero-order valence-electron chi connectivity index (χ0n) is 10.3. The van der Waals surface area contributed by atoms with Gasteiger partial charge >= 0.3 is 0 Å². The van der Waals surface area contributed by atoms with Crippen molar-refractivity contribution in [3.8, 4) is 0 Å². The minimum absolute atomic E-state index is 0.151. The highest BCUT2D eigenvalue weighted by Crippen LogP contribution is 2.33. The molecule has 0 aromatic rings. The molecule has 1 aliphatic carbocycles. The van der Waals surface area contributed by atoms with Gasteiger partial charge in [-0.2, -0.15) is 0 Å². The highest BCUT2D eigenvalue weighted by atomic mass is 16.3. The monoisotopic (exact) mass is 213 g/mol. The van der Waals surface area contributed by atoms with Gasteiger partial charge < -0.3 is 10.8 Å². The van der Waals surface area contributed by atoms with Crippen LogP contribution in [0.5, 0.6) is 0 Å². The molecule has 2 atom stereocenters. The average Bonchev–Trinajstić information content (AvgIpc) is 2.26. The van der Waals surface area contributed by atoms with Gasteiger partial charge in [0.05, 0.1) is 6.10 Å². The van der Waals surface area contributed by atoms with E-state index >= 15 is 0 Å². The van der Waals surface area contributed by atoms with E-state index in [1.807, 2.05) is 0 Å². The van der Waals surface area contributed by atoms with Crippen LogP contribution in [-0.4, -0.2) is 17.8 Å². The van der Waals surface area contributed by atoms with E-state index in [4.69, 9.17) is 5.73 Å².